The number of nitriles is 1. The van der Waals surface area contributed by atoms with Gasteiger partial charge in [-0.25, -0.2) is 0 Å². The van der Waals surface area contributed by atoms with Crippen molar-refractivity contribution in [3.8, 4) is 6.07 Å². The Bertz CT molecular complexity index is 397. The van der Waals surface area contributed by atoms with Gasteiger partial charge in [0.15, 0.2) is 0 Å². The van der Waals surface area contributed by atoms with Crippen LogP contribution in [-0.4, -0.2) is 42.4 Å². The van der Waals surface area contributed by atoms with Crippen molar-refractivity contribution in [1.82, 2.24) is 9.80 Å². The van der Waals surface area contributed by atoms with Gasteiger partial charge < -0.3 is 4.90 Å². The van der Waals surface area contributed by atoms with Crippen LogP contribution in [0.25, 0.3) is 0 Å². The summed E-state index contributed by atoms with van der Waals surface area (Å²) < 4.78 is 0. The number of hydrogen-bond acceptors (Lipinski definition) is 4. The molecule has 4 nitrogen and oxygen atoms in total. The Labute approximate surface area is 112 Å². The second kappa shape index (κ2) is 7.85. The summed E-state index contributed by atoms with van der Waals surface area (Å²) >= 11 is 1.71. The molecule has 0 aliphatic carbocycles. The lowest BCUT2D eigenvalue weighted by Crippen LogP contribution is -2.38. The van der Waals surface area contributed by atoms with E-state index in [2.05, 4.69) is 24.0 Å². The molecule has 5 heteroatoms. The second-order valence-electron chi connectivity index (χ2n) is 4.11. The molecule has 0 saturated heterocycles. The third-order valence-corrected chi connectivity index (χ3v) is 3.61. The Morgan fingerprint density at radius 1 is 1.56 bits per heavy atom. The summed E-state index contributed by atoms with van der Waals surface area (Å²) in [5, 5.41) is 10.5. The van der Waals surface area contributed by atoms with E-state index >= 15 is 0 Å². The number of thiophene rings is 1. The van der Waals surface area contributed by atoms with Gasteiger partial charge >= 0.3 is 0 Å². The fraction of sp³-hybridized carbons (Fsp3) is 0.538. The van der Waals surface area contributed by atoms with Crippen LogP contribution in [0.5, 0.6) is 0 Å². The Hall–Kier alpha value is -1.38. The molecule has 1 amide bonds. The molecule has 1 aromatic heterocycles. The molecule has 0 unspecified atom stereocenters. The first-order chi connectivity index (χ1) is 8.67. The van der Waals surface area contributed by atoms with E-state index in [1.54, 1.807) is 23.3 Å². The van der Waals surface area contributed by atoms with Crippen LogP contribution in [0.15, 0.2) is 17.5 Å². The molecule has 0 N–H and O–H groups in total. The van der Waals surface area contributed by atoms with Gasteiger partial charge in [-0.2, -0.15) is 5.26 Å². The van der Waals surface area contributed by atoms with E-state index in [1.165, 1.54) is 4.88 Å². The zero-order chi connectivity index (χ0) is 13.4. The molecule has 0 radical (unpaired) electrons. The van der Waals surface area contributed by atoms with Crippen LogP contribution in [0.2, 0.25) is 0 Å². The molecule has 1 rings (SSSR count). The largest absolute Gasteiger partial charge is 0.344 e. The molecule has 1 aromatic rings. The number of amides is 1. The molecule has 0 aliphatic heterocycles. The number of rotatable bonds is 7. The molecule has 0 saturated carbocycles. The Morgan fingerprint density at radius 3 is 2.89 bits per heavy atom. The maximum absolute atomic E-state index is 11.9. The summed E-state index contributed by atoms with van der Waals surface area (Å²) in [6, 6.07) is 6.15. The van der Waals surface area contributed by atoms with Gasteiger partial charge in [-0.1, -0.05) is 13.0 Å². The van der Waals surface area contributed by atoms with Crippen molar-refractivity contribution in [1.29, 1.82) is 5.26 Å². The van der Waals surface area contributed by atoms with E-state index in [-0.39, 0.29) is 5.91 Å². The highest BCUT2D eigenvalue weighted by Crippen LogP contribution is 2.11. The van der Waals surface area contributed by atoms with Crippen molar-refractivity contribution < 1.29 is 4.79 Å². The van der Waals surface area contributed by atoms with E-state index in [1.807, 2.05) is 11.4 Å². The van der Waals surface area contributed by atoms with Gasteiger partial charge in [-0.3, -0.25) is 9.69 Å². The summed E-state index contributed by atoms with van der Waals surface area (Å²) in [4.78, 5) is 16.9. The van der Waals surface area contributed by atoms with Gasteiger partial charge in [-0.15, -0.1) is 11.3 Å². The number of carbonyl (C=O) groups is 1. The van der Waals surface area contributed by atoms with Gasteiger partial charge in [0.25, 0.3) is 0 Å². The first kappa shape index (κ1) is 14.7. The van der Waals surface area contributed by atoms with Crippen LogP contribution in [0.4, 0.5) is 0 Å². The Morgan fingerprint density at radius 2 is 2.33 bits per heavy atom. The second-order valence-corrected chi connectivity index (χ2v) is 5.14. The zero-order valence-electron chi connectivity index (χ0n) is 10.9. The average Bonchev–Trinajstić information content (AvgIpc) is 2.87. The zero-order valence-corrected chi connectivity index (χ0v) is 11.7. The van der Waals surface area contributed by atoms with Crippen molar-refractivity contribution in [2.24, 2.45) is 0 Å². The normalized spacial score (nSPS) is 10.3. The van der Waals surface area contributed by atoms with Crippen LogP contribution in [-0.2, 0) is 11.3 Å². The van der Waals surface area contributed by atoms with Crippen molar-refractivity contribution in [2.45, 2.75) is 19.9 Å². The van der Waals surface area contributed by atoms with E-state index in [9.17, 15) is 4.79 Å². The van der Waals surface area contributed by atoms with E-state index in [0.717, 1.165) is 13.1 Å². The third-order valence-electron chi connectivity index (χ3n) is 2.75. The molecule has 0 aromatic carbocycles. The van der Waals surface area contributed by atoms with Crippen LogP contribution in [0.3, 0.4) is 0 Å². The number of hydrogen-bond donors (Lipinski definition) is 0. The van der Waals surface area contributed by atoms with Crippen molar-refractivity contribution >= 4 is 17.2 Å². The molecule has 0 aliphatic rings. The molecule has 0 fully saturated rings. The van der Waals surface area contributed by atoms with E-state index in [0.29, 0.717) is 19.5 Å². The predicted molar refractivity (Wildman–Crippen MR) is 73.1 cm³/mol. The molecule has 98 valence electrons. The highest BCUT2D eigenvalue weighted by Gasteiger charge is 2.13. The fourth-order valence-electron chi connectivity index (χ4n) is 1.56. The molecule has 0 atom stereocenters. The third kappa shape index (κ3) is 4.86. The highest BCUT2D eigenvalue weighted by atomic mass is 32.1. The Kier molecular flexibility index (Phi) is 6.40. The lowest BCUT2D eigenvalue weighted by Gasteiger charge is -2.23. The lowest BCUT2D eigenvalue weighted by atomic mass is 10.3. The summed E-state index contributed by atoms with van der Waals surface area (Å²) in [6.07, 6.45) is 0.388. The van der Waals surface area contributed by atoms with Crippen LogP contribution in [0.1, 0.15) is 18.2 Å². The van der Waals surface area contributed by atoms with Gasteiger partial charge in [-0.05, 0) is 18.0 Å². The standard InChI is InChI=1S/C13H19N3OS/c1-3-16(10-12-6-4-9-18-12)11-13(17)15(2)8-5-7-14/h4,6,9H,3,5,8,10-11H2,1-2H3. The maximum atomic E-state index is 11.9. The number of carbonyl (C=O) groups excluding carboxylic acids is 1. The maximum Gasteiger partial charge on any atom is 0.236 e. The molecular weight excluding hydrogens is 246 g/mol. The van der Waals surface area contributed by atoms with E-state index in [4.69, 9.17) is 5.26 Å². The first-order valence-electron chi connectivity index (χ1n) is 6.03. The summed E-state index contributed by atoms with van der Waals surface area (Å²) in [5.74, 6) is 0.0728. The summed E-state index contributed by atoms with van der Waals surface area (Å²) in [5.41, 5.74) is 0. The first-order valence-corrected chi connectivity index (χ1v) is 6.91. The smallest absolute Gasteiger partial charge is 0.236 e. The van der Waals surface area contributed by atoms with Crippen LogP contribution < -0.4 is 0 Å². The minimum Gasteiger partial charge on any atom is -0.344 e. The van der Waals surface area contributed by atoms with Gasteiger partial charge in [0.05, 0.1) is 19.0 Å². The molecule has 0 spiro atoms. The van der Waals surface area contributed by atoms with Gasteiger partial charge in [0.1, 0.15) is 0 Å². The molecule has 0 bridgehead atoms. The van der Waals surface area contributed by atoms with Crippen molar-refractivity contribution in [3.63, 3.8) is 0 Å². The lowest BCUT2D eigenvalue weighted by molar-refractivity contribution is -0.131. The van der Waals surface area contributed by atoms with Crippen molar-refractivity contribution in [3.05, 3.63) is 22.4 Å². The number of likely N-dealkylation sites (N-methyl/N-ethyl adjacent to an activating group) is 2. The SMILES string of the molecule is CCN(CC(=O)N(C)CCC#N)Cc1cccs1. The fourth-order valence-corrected chi connectivity index (χ4v) is 2.30. The van der Waals surface area contributed by atoms with Gasteiger partial charge in [0.2, 0.25) is 5.91 Å². The summed E-state index contributed by atoms with van der Waals surface area (Å²) in [7, 11) is 1.75. The topological polar surface area (TPSA) is 47.3 Å². The summed E-state index contributed by atoms with van der Waals surface area (Å²) in [6.45, 7) is 4.63. The minimum absolute atomic E-state index is 0.0728. The average molecular weight is 265 g/mol. The Balaban J connectivity index is 2.42. The minimum atomic E-state index is 0.0728. The quantitative estimate of drug-likeness (QED) is 0.757. The van der Waals surface area contributed by atoms with Gasteiger partial charge in [0, 0.05) is 25.0 Å². The molecular formula is C13H19N3OS. The van der Waals surface area contributed by atoms with Crippen molar-refractivity contribution in [2.75, 3.05) is 26.7 Å². The number of nitrogens with zero attached hydrogens (tertiary/aromatic N) is 3. The van der Waals surface area contributed by atoms with Crippen LogP contribution in [0, 0.1) is 11.3 Å². The van der Waals surface area contributed by atoms with Crippen LogP contribution >= 0.6 is 11.3 Å². The van der Waals surface area contributed by atoms with E-state index < -0.39 is 0 Å². The molecule has 18 heavy (non-hydrogen) atoms. The monoisotopic (exact) mass is 265 g/mol. The highest BCUT2D eigenvalue weighted by molar-refractivity contribution is 7.09. The molecule has 1 heterocycles. The predicted octanol–water partition coefficient (Wildman–Crippen LogP) is 1.94.